The third-order valence-electron chi connectivity index (χ3n) is 3.94. The molecule has 0 saturated heterocycles. The molecule has 0 aliphatic heterocycles. The average Bonchev–Trinajstić information content (AvgIpc) is 2.47. The Balaban J connectivity index is 3.05. The quantitative estimate of drug-likeness (QED) is 0.875. The lowest BCUT2D eigenvalue weighted by atomic mass is 9.81. The Bertz CT molecular complexity index is 505. The topological polar surface area (TPSA) is 55.6 Å². The molecule has 1 aromatic rings. The standard InChI is InChI=1S/C15H21F3N2O2/c1-4-14(5-2,10-19)13(21)20(3)11-7-6-8-12(9-11)22-15(16,17)18/h6-9H,4-5,10,19H2,1-3H3. The Hall–Kier alpha value is -1.76. The summed E-state index contributed by atoms with van der Waals surface area (Å²) in [7, 11) is 1.52. The molecule has 0 saturated carbocycles. The van der Waals surface area contributed by atoms with E-state index in [-0.39, 0.29) is 18.2 Å². The predicted octanol–water partition coefficient (Wildman–Crippen LogP) is 3.31. The molecule has 1 amide bonds. The van der Waals surface area contributed by atoms with Gasteiger partial charge in [-0.15, -0.1) is 13.2 Å². The first kappa shape index (κ1) is 18.3. The minimum atomic E-state index is -4.77. The molecule has 0 atom stereocenters. The first-order chi connectivity index (χ1) is 10.2. The maximum Gasteiger partial charge on any atom is 0.573 e. The maximum absolute atomic E-state index is 12.6. The van der Waals surface area contributed by atoms with E-state index in [2.05, 4.69) is 4.74 Å². The van der Waals surface area contributed by atoms with Crippen LogP contribution in [-0.4, -0.2) is 25.9 Å². The molecule has 0 heterocycles. The summed E-state index contributed by atoms with van der Waals surface area (Å²) in [5, 5.41) is 0. The average molecular weight is 318 g/mol. The van der Waals surface area contributed by atoms with Crippen molar-refractivity contribution in [2.45, 2.75) is 33.1 Å². The van der Waals surface area contributed by atoms with Gasteiger partial charge >= 0.3 is 6.36 Å². The molecule has 4 nitrogen and oxygen atoms in total. The number of nitrogens with two attached hydrogens (primary N) is 1. The van der Waals surface area contributed by atoms with Gasteiger partial charge in [-0.3, -0.25) is 4.79 Å². The van der Waals surface area contributed by atoms with Crippen molar-refractivity contribution in [2.24, 2.45) is 11.1 Å². The minimum absolute atomic E-state index is 0.182. The predicted molar refractivity (Wildman–Crippen MR) is 78.6 cm³/mol. The van der Waals surface area contributed by atoms with Crippen LogP contribution in [0.15, 0.2) is 24.3 Å². The highest BCUT2D eigenvalue weighted by atomic mass is 19.4. The SMILES string of the molecule is CCC(CC)(CN)C(=O)N(C)c1cccc(OC(F)(F)F)c1. The van der Waals surface area contributed by atoms with Crippen molar-refractivity contribution in [3.05, 3.63) is 24.3 Å². The summed E-state index contributed by atoms with van der Waals surface area (Å²) < 4.78 is 40.7. The van der Waals surface area contributed by atoms with Gasteiger partial charge in [0, 0.05) is 25.3 Å². The van der Waals surface area contributed by atoms with E-state index in [0.717, 1.165) is 0 Å². The van der Waals surface area contributed by atoms with Gasteiger partial charge in [0.05, 0.1) is 5.41 Å². The summed E-state index contributed by atoms with van der Waals surface area (Å²) in [6.07, 6.45) is -3.65. The Kier molecular flexibility index (Phi) is 5.82. The summed E-state index contributed by atoms with van der Waals surface area (Å²) in [6, 6.07) is 5.32. The smallest absolute Gasteiger partial charge is 0.406 e. The van der Waals surface area contributed by atoms with Gasteiger partial charge in [-0.25, -0.2) is 0 Å². The van der Waals surface area contributed by atoms with Crippen LogP contribution in [0.25, 0.3) is 0 Å². The van der Waals surface area contributed by atoms with Crippen LogP contribution < -0.4 is 15.4 Å². The number of rotatable bonds is 6. The lowest BCUT2D eigenvalue weighted by Gasteiger charge is -2.33. The number of benzene rings is 1. The number of alkyl halides is 3. The molecule has 0 fully saturated rings. The van der Waals surface area contributed by atoms with E-state index >= 15 is 0 Å². The molecular formula is C15H21F3N2O2. The second kappa shape index (κ2) is 7.00. The summed E-state index contributed by atoms with van der Waals surface area (Å²) in [6.45, 7) is 3.92. The molecule has 0 unspecified atom stereocenters. The molecule has 0 bridgehead atoms. The van der Waals surface area contributed by atoms with Crippen LogP contribution in [0.1, 0.15) is 26.7 Å². The largest absolute Gasteiger partial charge is 0.573 e. The third-order valence-corrected chi connectivity index (χ3v) is 3.94. The van der Waals surface area contributed by atoms with Crippen LogP contribution in [0.4, 0.5) is 18.9 Å². The van der Waals surface area contributed by atoms with Gasteiger partial charge in [-0.1, -0.05) is 19.9 Å². The number of hydrogen-bond donors (Lipinski definition) is 1. The van der Waals surface area contributed by atoms with Crippen molar-refractivity contribution in [2.75, 3.05) is 18.5 Å². The zero-order valence-electron chi connectivity index (χ0n) is 12.9. The van der Waals surface area contributed by atoms with Crippen molar-refractivity contribution in [1.82, 2.24) is 0 Å². The fourth-order valence-corrected chi connectivity index (χ4v) is 2.29. The molecular weight excluding hydrogens is 297 g/mol. The number of ether oxygens (including phenoxy) is 1. The number of hydrogen-bond acceptors (Lipinski definition) is 3. The maximum atomic E-state index is 12.6. The second-order valence-electron chi connectivity index (χ2n) is 5.10. The lowest BCUT2D eigenvalue weighted by Crippen LogP contribution is -2.46. The second-order valence-corrected chi connectivity index (χ2v) is 5.10. The number of nitrogens with zero attached hydrogens (tertiary/aromatic N) is 1. The highest BCUT2D eigenvalue weighted by Gasteiger charge is 2.36. The normalized spacial score (nSPS) is 12.1. The first-order valence-electron chi connectivity index (χ1n) is 7.03. The molecule has 0 spiro atoms. The Morgan fingerprint density at radius 3 is 2.32 bits per heavy atom. The molecule has 2 N–H and O–H groups in total. The highest BCUT2D eigenvalue weighted by Crippen LogP contribution is 2.31. The van der Waals surface area contributed by atoms with Crippen LogP contribution in [0.3, 0.4) is 0 Å². The number of carbonyl (C=O) groups excluding carboxylic acids is 1. The van der Waals surface area contributed by atoms with E-state index in [1.807, 2.05) is 13.8 Å². The summed E-state index contributed by atoms with van der Waals surface area (Å²) in [5.74, 6) is -0.583. The molecule has 7 heteroatoms. The van der Waals surface area contributed by atoms with E-state index in [1.165, 1.54) is 30.1 Å². The fraction of sp³-hybridized carbons (Fsp3) is 0.533. The molecule has 0 aliphatic carbocycles. The van der Waals surface area contributed by atoms with Crippen LogP contribution in [-0.2, 0) is 4.79 Å². The zero-order valence-corrected chi connectivity index (χ0v) is 12.9. The van der Waals surface area contributed by atoms with Crippen molar-refractivity contribution in [3.63, 3.8) is 0 Å². The third kappa shape index (κ3) is 4.13. The Morgan fingerprint density at radius 2 is 1.86 bits per heavy atom. The number of anilines is 1. The van der Waals surface area contributed by atoms with Gasteiger partial charge in [-0.2, -0.15) is 0 Å². The van der Waals surface area contributed by atoms with E-state index in [9.17, 15) is 18.0 Å². The molecule has 1 aromatic carbocycles. The van der Waals surface area contributed by atoms with Crippen molar-refractivity contribution >= 4 is 11.6 Å². The van der Waals surface area contributed by atoms with Gasteiger partial charge in [0.2, 0.25) is 5.91 Å². The zero-order chi connectivity index (χ0) is 17.0. The molecule has 0 aromatic heterocycles. The molecule has 22 heavy (non-hydrogen) atoms. The Morgan fingerprint density at radius 1 is 1.27 bits per heavy atom. The molecule has 1 rings (SSSR count). The number of halogens is 3. The Labute approximate surface area is 128 Å². The summed E-state index contributed by atoms with van der Waals surface area (Å²) in [5.41, 5.74) is 5.35. The van der Waals surface area contributed by atoms with Crippen molar-refractivity contribution in [1.29, 1.82) is 0 Å². The van der Waals surface area contributed by atoms with Gasteiger partial charge in [-0.05, 0) is 25.0 Å². The van der Waals surface area contributed by atoms with Crippen LogP contribution in [0, 0.1) is 5.41 Å². The first-order valence-corrected chi connectivity index (χ1v) is 7.03. The number of amides is 1. The van der Waals surface area contributed by atoms with E-state index in [4.69, 9.17) is 5.73 Å². The van der Waals surface area contributed by atoms with Crippen LogP contribution in [0.5, 0.6) is 5.75 Å². The number of carbonyl (C=O) groups is 1. The van der Waals surface area contributed by atoms with Gasteiger partial charge in [0.15, 0.2) is 0 Å². The summed E-state index contributed by atoms with van der Waals surface area (Å²) >= 11 is 0. The minimum Gasteiger partial charge on any atom is -0.406 e. The van der Waals surface area contributed by atoms with Crippen molar-refractivity contribution < 1.29 is 22.7 Å². The van der Waals surface area contributed by atoms with E-state index in [0.29, 0.717) is 18.5 Å². The van der Waals surface area contributed by atoms with E-state index < -0.39 is 11.8 Å². The fourth-order valence-electron chi connectivity index (χ4n) is 2.29. The molecule has 0 radical (unpaired) electrons. The van der Waals surface area contributed by atoms with E-state index in [1.54, 1.807) is 6.07 Å². The lowest BCUT2D eigenvalue weighted by molar-refractivity contribution is -0.274. The monoisotopic (exact) mass is 318 g/mol. The van der Waals surface area contributed by atoms with Crippen LogP contribution in [0.2, 0.25) is 0 Å². The summed E-state index contributed by atoms with van der Waals surface area (Å²) in [4.78, 5) is 14.0. The molecule has 124 valence electrons. The van der Waals surface area contributed by atoms with Gasteiger partial charge in [0.1, 0.15) is 5.75 Å². The molecule has 0 aliphatic rings. The van der Waals surface area contributed by atoms with Crippen LogP contribution >= 0.6 is 0 Å². The highest BCUT2D eigenvalue weighted by molar-refractivity contribution is 5.97. The van der Waals surface area contributed by atoms with Gasteiger partial charge in [0.25, 0.3) is 0 Å². The van der Waals surface area contributed by atoms with Gasteiger partial charge < -0.3 is 15.4 Å². The van der Waals surface area contributed by atoms with Crippen molar-refractivity contribution in [3.8, 4) is 5.75 Å².